The predicted molar refractivity (Wildman–Crippen MR) is 265 cm³/mol. The number of fused-ring (bicyclic) bond motifs is 11. The van der Waals surface area contributed by atoms with E-state index in [4.69, 9.17) is 0 Å². The summed E-state index contributed by atoms with van der Waals surface area (Å²) in [7, 11) is 0. The summed E-state index contributed by atoms with van der Waals surface area (Å²) in [6.07, 6.45) is 2.38. The van der Waals surface area contributed by atoms with E-state index in [0.29, 0.717) is 0 Å². The highest BCUT2D eigenvalue weighted by molar-refractivity contribution is 6.15. The highest BCUT2D eigenvalue weighted by Crippen LogP contribution is 2.63. The molecule has 0 amide bonds. The van der Waals surface area contributed by atoms with Crippen LogP contribution in [0.25, 0.3) is 77.2 Å². The predicted octanol–water partition coefficient (Wildman–Crippen LogP) is 16.8. The first kappa shape index (κ1) is 36.2. The Morgan fingerprint density at radius 3 is 1.71 bits per heavy atom. The summed E-state index contributed by atoms with van der Waals surface area (Å²) in [5.74, 6) is 0. The van der Waals surface area contributed by atoms with Crippen molar-refractivity contribution >= 4 is 38.6 Å². The molecule has 0 atom stereocenters. The highest BCUT2D eigenvalue weighted by atomic mass is 15.1. The molecule has 1 saturated carbocycles. The van der Waals surface area contributed by atoms with Gasteiger partial charge in [0.25, 0.3) is 0 Å². The normalized spacial score (nSPS) is 14.6. The summed E-state index contributed by atoms with van der Waals surface area (Å²) in [6.45, 7) is 4.78. The van der Waals surface area contributed by atoms with Crippen LogP contribution in [-0.2, 0) is 10.8 Å². The molecule has 298 valence electrons. The molecule has 1 nitrogen and oxygen atoms in total. The third-order valence-electron chi connectivity index (χ3n) is 14.7. The van der Waals surface area contributed by atoms with Gasteiger partial charge in [-0.15, -0.1) is 0 Å². The zero-order valence-electron chi connectivity index (χ0n) is 35.6. The molecule has 0 unspecified atom stereocenters. The van der Waals surface area contributed by atoms with E-state index in [9.17, 15) is 0 Å². The van der Waals surface area contributed by atoms with Crippen LogP contribution in [0.3, 0.4) is 0 Å². The Morgan fingerprint density at radius 1 is 0.349 bits per heavy atom. The lowest BCUT2D eigenvalue weighted by atomic mass is 9.80. The maximum atomic E-state index is 2.54. The zero-order chi connectivity index (χ0) is 41.9. The van der Waals surface area contributed by atoms with Crippen LogP contribution in [0, 0.1) is 0 Å². The van der Waals surface area contributed by atoms with Crippen LogP contribution >= 0.6 is 0 Å². The monoisotopic (exact) mass is 803 g/mol. The first-order chi connectivity index (χ1) is 31.0. The topological polar surface area (TPSA) is 3.24 Å². The van der Waals surface area contributed by atoms with Gasteiger partial charge in [-0.25, -0.2) is 0 Å². The SMILES string of the molecule is CC1(C)c2ccccc2-c2ccc(-c3c(-c4cc5ccccc5c5ccccc45)cccc3N(c3ccc(-c4ccccc4)cc3)c3ccc4c(c3)C3(CC3)c3ccccc3-4)cc21. The van der Waals surface area contributed by atoms with Gasteiger partial charge in [-0.1, -0.05) is 184 Å². The molecule has 0 aliphatic heterocycles. The van der Waals surface area contributed by atoms with Crippen molar-refractivity contribution in [3.05, 3.63) is 235 Å². The van der Waals surface area contributed by atoms with Gasteiger partial charge in [0.15, 0.2) is 0 Å². The van der Waals surface area contributed by atoms with Gasteiger partial charge in [-0.2, -0.15) is 0 Å². The summed E-state index contributed by atoms with van der Waals surface area (Å²) in [5.41, 5.74) is 21.9. The van der Waals surface area contributed by atoms with Crippen molar-refractivity contribution in [3.63, 3.8) is 0 Å². The molecule has 0 aromatic heterocycles. The number of hydrogen-bond acceptors (Lipinski definition) is 1. The van der Waals surface area contributed by atoms with Gasteiger partial charge in [0.05, 0.1) is 5.69 Å². The van der Waals surface area contributed by atoms with E-state index in [1.807, 2.05) is 0 Å². The summed E-state index contributed by atoms with van der Waals surface area (Å²) >= 11 is 0. The van der Waals surface area contributed by atoms with E-state index < -0.39 is 0 Å². The molecular formula is C62H45N. The van der Waals surface area contributed by atoms with Crippen LogP contribution in [0.5, 0.6) is 0 Å². The van der Waals surface area contributed by atoms with Gasteiger partial charge >= 0.3 is 0 Å². The van der Waals surface area contributed by atoms with E-state index in [1.165, 1.54) is 118 Å². The largest absolute Gasteiger partial charge is 0.310 e. The van der Waals surface area contributed by atoms with Crippen molar-refractivity contribution in [2.75, 3.05) is 4.90 Å². The minimum Gasteiger partial charge on any atom is -0.310 e. The second kappa shape index (κ2) is 13.5. The Kier molecular flexibility index (Phi) is 7.76. The van der Waals surface area contributed by atoms with Crippen LogP contribution in [-0.4, -0.2) is 0 Å². The number of benzene rings is 10. The fourth-order valence-corrected chi connectivity index (χ4v) is 11.5. The van der Waals surface area contributed by atoms with E-state index >= 15 is 0 Å². The third kappa shape index (κ3) is 5.36. The second-order valence-corrected chi connectivity index (χ2v) is 18.4. The lowest BCUT2D eigenvalue weighted by Gasteiger charge is -2.31. The van der Waals surface area contributed by atoms with E-state index in [-0.39, 0.29) is 10.8 Å². The fraction of sp³-hybridized carbons (Fsp3) is 0.0968. The van der Waals surface area contributed by atoms with E-state index in [1.54, 1.807) is 0 Å². The molecule has 0 saturated heterocycles. The molecule has 63 heavy (non-hydrogen) atoms. The van der Waals surface area contributed by atoms with Gasteiger partial charge in [0, 0.05) is 27.8 Å². The summed E-state index contributed by atoms with van der Waals surface area (Å²) in [5, 5.41) is 5.05. The first-order valence-electron chi connectivity index (χ1n) is 22.5. The Hall–Kier alpha value is -7.48. The molecule has 0 bridgehead atoms. The third-order valence-corrected chi connectivity index (χ3v) is 14.7. The Balaban J connectivity index is 1.10. The van der Waals surface area contributed by atoms with Crippen LogP contribution < -0.4 is 4.90 Å². The zero-order valence-corrected chi connectivity index (χ0v) is 35.6. The molecule has 0 N–H and O–H groups in total. The van der Waals surface area contributed by atoms with Gasteiger partial charge in [-0.05, 0) is 149 Å². The second-order valence-electron chi connectivity index (χ2n) is 18.4. The molecule has 0 heterocycles. The molecule has 3 aliphatic rings. The Labute approximate surface area is 369 Å². The molecule has 10 aromatic rings. The standard InChI is InChI=1S/C62H45N/c1-61(2)55-24-12-10-21-49(55)51-33-29-43(38-57(51)61)60-53(54-37-42-17-6-7-18-46(42)47-19-8-9-20-48(47)54)23-14-26-59(60)63(44-30-27-41(28-31-44)40-15-4-3-5-16-40)45-32-34-52-50-22-11-13-25-56(50)62(35-36-62)58(52)39-45/h3-34,37-39H,35-36H2,1-2H3. The molecule has 1 fully saturated rings. The van der Waals surface area contributed by atoms with Crippen molar-refractivity contribution in [2.45, 2.75) is 37.5 Å². The molecule has 10 aromatic carbocycles. The molecule has 0 radical (unpaired) electrons. The quantitative estimate of drug-likeness (QED) is 0.151. The fourth-order valence-electron chi connectivity index (χ4n) is 11.5. The molecular weight excluding hydrogens is 759 g/mol. The minimum absolute atomic E-state index is 0.0973. The minimum atomic E-state index is -0.146. The maximum absolute atomic E-state index is 2.54. The van der Waals surface area contributed by atoms with Gasteiger partial charge < -0.3 is 4.90 Å². The van der Waals surface area contributed by atoms with Crippen LogP contribution in [0.2, 0.25) is 0 Å². The van der Waals surface area contributed by atoms with Crippen molar-refractivity contribution in [2.24, 2.45) is 0 Å². The maximum Gasteiger partial charge on any atom is 0.0546 e. The highest BCUT2D eigenvalue weighted by Gasteiger charge is 2.52. The first-order valence-corrected chi connectivity index (χ1v) is 22.5. The van der Waals surface area contributed by atoms with Gasteiger partial charge in [0.1, 0.15) is 0 Å². The van der Waals surface area contributed by atoms with Crippen molar-refractivity contribution in [1.29, 1.82) is 0 Å². The van der Waals surface area contributed by atoms with Crippen LogP contribution in [0.4, 0.5) is 17.1 Å². The number of hydrogen-bond donors (Lipinski definition) is 0. The molecule has 1 spiro atoms. The Morgan fingerprint density at radius 2 is 0.921 bits per heavy atom. The van der Waals surface area contributed by atoms with Gasteiger partial charge in [0.2, 0.25) is 0 Å². The summed E-state index contributed by atoms with van der Waals surface area (Å²) < 4.78 is 0. The van der Waals surface area contributed by atoms with Gasteiger partial charge in [-0.3, -0.25) is 0 Å². The smallest absolute Gasteiger partial charge is 0.0546 e. The molecule has 3 aliphatic carbocycles. The lowest BCUT2D eigenvalue weighted by Crippen LogP contribution is -2.15. The lowest BCUT2D eigenvalue weighted by molar-refractivity contribution is 0.660. The average Bonchev–Trinajstić information content (AvgIpc) is 4.06. The number of nitrogens with zero attached hydrogens (tertiary/aromatic N) is 1. The van der Waals surface area contributed by atoms with E-state index in [0.717, 1.165) is 11.4 Å². The molecule has 13 rings (SSSR count). The average molecular weight is 804 g/mol. The van der Waals surface area contributed by atoms with Crippen LogP contribution in [0.15, 0.2) is 212 Å². The van der Waals surface area contributed by atoms with E-state index in [2.05, 4.69) is 231 Å². The number of rotatable bonds is 6. The van der Waals surface area contributed by atoms with Crippen molar-refractivity contribution in [3.8, 4) is 55.6 Å². The number of anilines is 3. The van der Waals surface area contributed by atoms with Crippen molar-refractivity contribution < 1.29 is 0 Å². The summed E-state index contributed by atoms with van der Waals surface area (Å²) in [4.78, 5) is 2.54. The Bertz CT molecular complexity index is 3480. The molecule has 1 heteroatoms. The van der Waals surface area contributed by atoms with Crippen molar-refractivity contribution in [1.82, 2.24) is 0 Å². The summed E-state index contributed by atoms with van der Waals surface area (Å²) in [6, 6.07) is 79.8. The van der Waals surface area contributed by atoms with Crippen LogP contribution in [0.1, 0.15) is 48.9 Å².